The van der Waals surface area contributed by atoms with Gasteiger partial charge >= 0.3 is 0 Å². The molecule has 1 fully saturated rings. The molecule has 2 aromatic rings. The minimum absolute atomic E-state index is 0.0536. The van der Waals surface area contributed by atoms with Gasteiger partial charge in [0.05, 0.1) is 12.7 Å². The summed E-state index contributed by atoms with van der Waals surface area (Å²) in [6, 6.07) is 10.7. The fourth-order valence-electron chi connectivity index (χ4n) is 3.40. The second-order valence-corrected chi connectivity index (χ2v) is 6.64. The molecule has 4 rings (SSSR count). The highest BCUT2D eigenvalue weighted by atomic mass is 16.7. The topological polar surface area (TPSA) is 71.5 Å². The lowest BCUT2D eigenvalue weighted by molar-refractivity contribution is 0.0625. The summed E-state index contributed by atoms with van der Waals surface area (Å²) in [4.78, 5) is 16.8. The van der Waals surface area contributed by atoms with Gasteiger partial charge in [-0.2, -0.15) is 0 Å². The molecule has 2 aromatic carbocycles. The zero-order chi connectivity index (χ0) is 18.8. The van der Waals surface area contributed by atoms with Crippen LogP contribution in [-0.2, 0) is 6.54 Å². The van der Waals surface area contributed by atoms with Gasteiger partial charge < -0.3 is 24.2 Å². The lowest BCUT2D eigenvalue weighted by atomic mass is 10.1. The van der Waals surface area contributed by atoms with E-state index in [4.69, 9.17) is 14.2 Å². The molecule has 0 radical (unpaired) electrons. The Hall–Kier alpha value is -2.93. The van der Waals surface area contributed by atoms with Crippen LogP contribution in [0.1, 0.15) is 15.9 Å². The van der Waals surface area contributed by atoms with Crippen LogP contribution >= 0.6 is 0 Å². The minimum Gasteiger partial charge on any atom is -0.507 e. The van der Waals surface area contributed by atoms with E-state index < -0.39 is 0 Å². The van der Waals surface area contributed by atoms with Gasteiger partial charge in [-0.15, -0.1) is 0 Å². The molecule has 0 spiro atoms. The van der Waals surface area contributed by atoms with E-state index in [9.17, 15) is 9.90 Å². The third-order valence-electron chi connectivity index (χ3n) is 4.94. The molecular weight excluding hydrogens is 348 g/mol. The van der Waals surface area contributed by atoms with Crippen LogP contribution in [0, 0.1) is 0 Å². The van der Waals surface area contributed by atoms with E-state index in [1.165, 1.54) is 13.2 Å². The van der Waals surface area contributed by atoms with Crippen molar-refractivity contribution >= 4 is 5.91 Å². The first kappa shape index (κ1) is 17.5. The Morgan fingerprint density at radius 1 is 1.07 bits per heavy atom. The first-order chi connectivity index (χ1) is 13.1. The minimum atomic E-state index is -0.155. The molecule has 142 valence electrons. The number of carbonyl (C=O) groups is 1. The fraction of sp³-hybridized carbons (Fsp3) is 0.350. The number of fused-ring (bicyclic) bond motifs is 1. The number of ether oxygens (including phenoxy) is 3. The number of phenols is 1. The number of hydrogen-bond acceptors (Lipinski definition) is 6. The molecule has 0 aliphatic carbocycles. The van der Waals surface area contributed by atoms with Gasteiger partial charge in [0, 0.05) is 38.8 Å². The summed E-state index contributed by atoms with van der Waals surface area (Å²) in [6.45, 7) is 3.86. The van der Waals surface area contributed by atoms with Gasteiger partial charge in [-0.1, -0.05) is 6.07 Å². The van der Waals surface area contributed by atoms with E-state index >= 15 is 0 Å². The number of benzene rings is 2. The molecular formula is C20H22N2O5. The maximum Gasteiger partial charge on any atom is 0.257 e. The number of rotatable bonds is 4. The molecule has 0 atom stereocenters. The summed E-state index contributed by atoms with van der Waals surface area (Å²) in [6.07, 6.45) is 0. The van der Waals surface area contributed by atoms with Crippen molar-refractivity contribution in [3.8, 4) is 23.0 Å². The Morgan fingerprint density at radius 3 is 2.59 bits per heavy atom. The Labute approximate surface area is 157 Å². The van der Waals surface area contributed by atoms with E-state index in [1.807, 2.05) is 18.2 Å². The summed E-state index contributed by atoms with van der Waals surface area (Å²) in [5.41, 5.74) is 1.46. The zero-order valence-corrected chi connectivity index (χ0v) is 15.2. The molecule has 0 aromatic heterocycles. The van der Waals surface area contributed by atoms with Crippen LogP contribution in [0.15, 0.2) is 36.4 Å². The van der Waals surface area contributed by atoms with Crippen LogP contribution in [-0.4, -0.2) is 60.9 Å². The van der Waals surface area contributed by atoms with Crippen molar-refractivity contribution in [3.63, 3.8) is 0 Å². The highest BCUT2D eigenvalue weighted by molar-refractivity contribution is 5.97. The van der Waals surface area contributed by atoms with E-state index in [2.05, 4.69) is 4.90 Å². The smallest absolute Gasteiger partial charge is 0.257 e. The molecule has 0 saturated carbocycles. The molecule has 27 heavy (non-hydrogen) atoms. The Morgan fingerprint density at radius 2 is 1.85 bits per heavy atom. The molecule has 1 N–H and O–H groups in total. The predicted molar refractivity (Wildman–Crippen MR) is 98.4 cm³/mol. The summed E-state index contributed by atoms with van der Waals surface area (Å²) in [5.74, 6) is 1.89. The van der Waals surface area contributed by atoms with Crippen LogP contribution < -0.4 is 14.2 Å². The number of piperazine rings is 1. The molecule has 2 heterocycles. The van der Waals surface area contributed by atoms with Gasteiger partial charge in [0.2, 0.25) is 6.79 Å². The number of amides is 1. The van der Waals surface area contributed by atoms with E-state index in [-0.39, 0.29) is 18.4 Å². The third-order valence-corrected chi connectivity index (χ3v) is 4.94. The van der Waals surface area contributed by atoms with E-state index in [0.717, 1.165) is 36.7 Å². The fourth-order valence-corrected chi connectivity index (χ4v) is 3.40. The van der Waals surface area contributed by atoms with Crippen LogP contribution in [0.25, 0.3) is 0 Å². The monoisotopic (exact) mass is 370 g/mol. The van der Waals surface area contributed by atoms with Crippen molar-refractivity contribution in [1.82, 2.24) is 9.80 Å². The maximum atomic E-state index is 12.7. The standard InChI is InChI=1S/C20H22N2O5/c1-25-15-3-4-16(17(23)11-15)20(24)22-8-6-21(7-9-22)12-14-2-5-18-19(10-14)27-13-26-18/h2-5,10-11,23H,6-9,12-13H2,1H3. The van der Waals surface area contributed by atoms with Crippen molar-refractivity contribution in [3.05, 3.63) is 47.5 Å². The molecule has 1 saturated heterocycles. The molecule has 7 heteroatoms. The summed E-state index contributed by atoms with van der Waals surface area (Å²) in [5, 5.41) is 10.1. The van der Waals surface area contributed by atoms with Gasteiger partial charge in [0.15, 0.2) is 11.5 Å². The van der Waals surface area contributed by atoms with Crippen LogP contribution in [0.5, 0.6) is 23.0 Å². The summed E-state index contributed by atoms with van der Waals surface area (Å²) < 4.78 is 15.8. The first-order valence-corrected chi connectivity index (χ1v) is 8.91. The van der Waals surface area contributed by atoms with Crippen molar-refractivity contribution in [2.45, 2.75) is 6.54 Å². The van der Waals surface area contributed by atoms with Gasteiger partial charge in [0.1, 0.15) is 11.5 Å². The van der Waals surface area contributed by atoms with Crippen molar-refractivity contribution in [1.29, 1.82) is 0 Å². The average Bonchev–Trinajstić information content (AvgIpc) is 3.16. The van der Waals surface area contributed by atoms with Crippen molar-refractivity contribution < 1.29 is 24.1 Å². The molecule has 2 aliphatic rings. The van der Waals surface area contributed by atoms with Gasteiger partial charge in [-0.25, -0.2) is 0 Å². The number of phenolic OH excluding ortho intramolecular Hbond substituents is 1. The number of carbonyl (C=O) groups excluding carboxylic acids is 1. The van der Waals surface area contributed by atoms with E-state index in [0.29, 0.717) is 24.4 Å². The van der Waals surface area contributed by atoms with Crippen LogP contribution in [0.4, 0.5) is 0 Å². The molecule has 1 amide bonds. The Balaban J connectivity index is 1.35. The quantitative estimate of drug-likeness (QED) is 0.889. The summed E-state index contributed by atoms with van der Waals surface area (Å²) >= 11 is 0. The largest absolute Gasteiger partial charge is 0.507 e. The zero-order valence-electron chi connectivity index (χ0n) is 15.2. The van der Waals surface area contributed by atoms with Crippen LogP contribution in [0.3, 0.4) is 0 Å². The van der Waals surface area contributed by atoms with Crippen molar-refractivity contribution in [2.75, 3.05) is 40.1 Å². The van der Waals surface area contributed by atoms with Gasteiger partial charge in [-0.05, 0) is 29.8 Å². The Bertz CT molecular complexity index is 846. The number of nitrogens with zero attached hydrogens (tertiary/aromatic N) is 2. The second-order valence-electron chi connectivity index (χ2n) is 6.64. The normalized spacial score (nSPS) is 16.4. The van der Waals surface area contributed by atoms with Gasteiger partial charge in [-0.3, -0.25) is 9.69 Å². The Kier molecular flexibility index (Phi) is 4.77. The molecule has 7 nitrogen and oxygen atoms in total. The number of methoxy groups -OCH3 is 1. The highest BCUT2D eigenvalue weighted by Gasteiger charge is 2.24. The lowest BCUT2D eigenvalue weighted by Crippen LogP contribution is -2.48. The SMILES string of the molecule is COc1ccc(C(=O)N2CCN(Cc3ccc4c(c3)OCO4)CC2)c(O)c1. The number of hydrogen-bond donors (Lipinski definition) is 1. The highest BCUT2D eigenvalue weighted by Crippen LogP contribution is 2.33. The molecule has 0 bridgehead atoms. The molecule has 0 unspecified atom stereocenters. The third kappa shape index (κ3) is 3.64. The first-order valence-electron chi connectivity index (χ1n) is 8.91. The van der Waals surface area contributed by atoms with Gasteiger partial charge in [0.25, 0.3) is 5.91 Å². The van der Waals surface area contributed by atoms with Crippen molar-refractivity contribution in [2.24, 2.45) is 0 Å². The maximum absolute atomic E-state index is 12.7. The second kappa shape index (κ2) is 7.36. The predicted octanol–water partition coefficient (Wildman–Crippen LogP) is 2.09. The average molecular weight is 370 g/mol. The lowest BCUT2D eigenvalue weighted by Gasteiger charge is -2.35. The van der Waals surface area contributed by atoms with E-state index in [1.54, 1.807) is 17.0 Å². The molecule has 2 aliphatic heterocycles. The summed E-state index contributed by atoms with van der Waals surface area (Å²) in [7, 11) is 1.52. The number of aromatic hydroxyl groups is 1. The van der Waals surface area contributed by atoms with Crippen LogP contribution in [0.2, 0.25) is 0 Å².